The Morgan fingerprint density at radius 1 is 1.35 bits per heavy atom. The molecule has 3 N–H and O–H groups in total. The van der Waals surface area contributed by atoms with Crippen LogP contribution in [-0.4, -0.2) is 90.4 Å². The zero-order valence-corrected chi connectivity index (χ0v) is 17.8. The van der Waals surface area contributed by atoms with Crippen LogP contribution in [0.3, 0.4) is 0 Å². The summed E-state index contributed by atoms with van der Waals surface area (Å²) in [6.45, 7) is 3.41. The van der Waals surface area contributed by atoms with E-state index in [0.717, 1.165) is 25.8 Å². The molecule has 5 heterocycles. The van der Waals surface area contributed by atoms with E-state index >= 15 is 0 Å². The van der Waals surface area contributed by atoms with Gasteiger partial charge in [0, 0.05) is 37.9 Å². The Balaban J connectivity index is 1.49. The lowest BCUT2D eigenvalue weighted by molar-refractivity contribution is -0.171. The van der Waals surface area contributed by atoms with Crippen molar-refractivity contribution in [2.75, 3.05) is 33.4 Å². The first kappa shape index (κ1) is 19.7. The predicted octanol–water partition coefficient (Wildman–Crippen LogP) is -0.667. The van der Waals surface area contributed by atoms with Crippen molar-refractivity contribution in [2.24, 2.45) is 17.6 Å². The molecule has 2 unspecified atom stereocenters. The number of hydrogen-bond acceptors (Lipinski definition) is 9. The number of fused-ring (bicyclic) bond motifs is 6. The molecule has 0 aromatic carbocycles. The lowest BCUT2D eigenvalue weighted by Gasteiger charge is -2.45. The standard InChI is InChI=1S/C21H28N4O6/c1-10-16(26)15-14(18(27)20(10)24-6-4-3-5-11(24)8-31-20)12(9-30-19(22)28)21(29-2)17-13(23-17)7-25(15)21/h10-13,17,23H,3-9H2,1-2H3,(H2,22,28)/t10?,11-,12+,13-,17-,20?,21+/m0/s1. The summed E-state index contributed by atoms with van der Waals surface area (Å²) < 4.78 is 17.5. The molecule has 5 aliphatic heterocycles. The normalized spacial score (nSPS) is 45.6. The molecular formula is C21H28N4O6. The highest BCUT2D eigenvalue weighted by atomic mass is 16.6. The van der Waals surface area contributed by atoms with Crippen LogP contribution in [0, 0.1) is 11.8 Å². The first-order valence-corrected chi connectivity index (χ1v) is 11.1. The number of ketones is 2. The van der Waals surface area contributed by atoms with E-state index in [-0.39, 0.29) is 36.3 Å². The van der Waals surface area contributed by atoms with E-state index in [1.807, 2.05) is 4.90 Å². The molecule has 4 fully saturated rings. The highest BCUT2D eigenvalue weighted by molar-refractivity contribution is 6.18. The first-order valence-electron chi connectivity index (χ1n) is 11.1. The highest BCUT2D eigenvalue weighted by Crippen LogP contribution is 2.58. The second kappa shape index (κ2) is 6.28. The zero-order chi connectivity index (χ0) is 21.7. The average Bonchev–Trinajstić information content (AvgIpc) is 3.19. The molecule has 0 aromatic heterocycles. The van der Waals surface area contributed by atoms with Crippen molar-refractivity contribution in [3.63, 3.8) is 0 Å². The number of ether oxygens (including phenoxy) is 3. The van der Waals surface area contributed by atoms with Gasteiger partial charge in [-0.2, -0.15) is 0 Å². The molecule has 1 aliphatic carbocycles. The lowest BCUT2D eigenvalue weighted by Crippen LogP contribution is -2.63. The number of piperazine rings is 1. The Hall–Kier alpha value is -2.01. The minimum atomic E-state index is -1.29. The third-order valence-corrected chi connectivity index (χ3v) is 8.36. The van der Waals surface area contributed by atoms with Crippen molar-refractivity contribution in [2.45, 2.75) is 55.8 Å². The molecule has 1 spiro atoms. The maximum Gasteiger partial charge on any atom is 0.404 e. The van der Waals surface area contributed by atoms with Crippen molar-refractivity contribution in [1.29, 1.82) is 0 Å². The number of nitrogens with zero attached hydrogens (tertiary/aromatic N) is 2. The molecule has 6 rings (SSSR count). The highest BCUT2D eigenvalue weighted by Gasteiger charge is 2.76. The number of primary amides is 1. The van der Waals surface area contributed by atoms with Crippen LogP contribution in [0.4, 0.5) is 4.79 Å². The smallest absolute Gasteiger partial charge is 0.404 e. The quantitative estimate of drug-likeness (QED) is 0.557. The molecule has 6 aliphatic rings. The van der Waals surface area contributed by atoms with Crippen molar-refractivity contribution in [3.8, 4) is 0 Å². The second-order valence-corrected chi connectivity index (χ2v) is 9.53. The van der Waals surface area contributed by atoms with Gasteiger partial charge in [0.25, 0.3) is 0 Å². The summed E-state index contributed by atoms with van der Waals surface area (Å²) >= 11 is 0. The Labute approximate surface area is 180 Å². The number of nitrogens with one attached hydrogen (secondary N) is 1. The molecule has 0 aromatic rings. The summed E-state index contributed by atoms with van der Waals surface area (Å²) in [5.41, 5.74) is 3.78. The number of carbonyl (C=O) groups excluding carboxylic acids is 3. The van der Waals surface area contributed by atoms with Crippen LogP contribution >= 0.6 is 0 Å². The van der Waals surface area contributed by atoms with Gasteiger partial charge >= 0.3 is 6.09 Å². The Bertz CT molecular complexity index is 922. The monoisotopic (exact) mass is 432 g/mol. The molecule has 0 radical (unpaired) electrons. The molecule has 0 bridgehead atoms. The minimum absolute atomic E-state index is 0.0522. The van der Waals surface area contributed by atoms with Gasteiger partial charge in [0.05, 0.1) is 30.2 Å². The fourth-order valence-corrected chi connectivity index (χ4v) is 6.97. The number of hydrogen-bond donors (Lipinski definition) is 2. The molecule has 10 nitrogen and oxygen atoms in total. The Morgan fingerprint density at radius 2 is 2.16 bits per heavy atom. The number of nitrogens with two attached hydrogens (primary N) is 1. The van der Waals surface area contributed by atoms with Crippen LogP contribution in [0.25, 0.3) is 0 Å². The van der Waals surface area contributed by atoms with Gasteiger partial charge in [-0.05, 0) is 12.8 Å². The van der Waals surface area contributed by atoms with Crippen molar-refractivity contribution in [3.05, 3.63) is 11.3 Å². The summed E-state index contributed by atoms with van der Waals surface area (Å²) in [4.78, 5) is 43.6. The van der Waals surface area contributed by atoms with Gasteiger partial charge in [-0.25, -0.2) is 4.79 Å². The molecule has 7 atom stereocenters. The summed E-state index contributed by atoms with van der Waals surface area (Å²) in [7, 11) is 1.58. The third kappa shape index (κ3) is 2.19. The van der Waals surface area contributed by atoms with Crippen molar-refractivity contribution < 1.29 is 28.6 Å². The maximum atomic E-state index is 14.3. The predicted molar refractivity (Wildman–Crippen MR) is 105 cm³/mol. The number of amides is 1. The van der Waals surface area contributed by atoms with E-state index in [4.69, 9.17) is 19.9 Å². The summed E-state index contributed by atoms with van der Waals surface area (Å²) in [6, 6.07) is 0.263. The molecule has 31 heavy (non-hydrogen) atoms. The number of allylic oxidation sites excluding steroid dienone is 1. The van der Waals surface area contributed by atoms with E-state index in [1.165, 1.54) is 0 Å². The van der Waals surface area contributed by atoms with Crippen LogP contribution in [0.2, 0.25) is 0 Å². The molecule has 4 saturated heterocycles. The largest absolute Gasteiger partial charge is 0.449 e. The van der Waals surface area contributed by atoms with E-state index in [9.17, 15) is 14.4 Å². The van der Waals surface area contributed by atoms with Crippen LogP contribution in [0.5, 0.6) is 0 Å². The minimum Gasteiger partial charge on any atom is -0.449 e. The summed E-state index contributed by atoms with van der Waals surface area (Å²) in [5, 5.41) is 3.38. The molecule has 1 amide bonds. The Kier molecular flexibility index (Phi) is 3.98. The van der Waals surface area contributed by atoms with Gasteiger partial charge in [-0.3, -0.25) is 14.5 Å². The van der Waals surface area contributed by atoms with E-state index in [2.05, 4.69) is 10.2 Å². The van der Waals surface area contributed by atoms with E-state index < -0.39 is 29.4 Å². The van der Waals surface area contributed by atoms with Gasteiger partial charge in [0.15, 0.2) is 17.2 Å². The van der Waals surface area contributed by atoms with Crippen LogP contribution < -0.4 is 11.1 Å². The molecule has 0 saturated carbocycles. The van der Waals surface area contributed by atoms with Gasteiger partial charge in [0.1, 0.15) is 6.61 Å². The molecule has 10 heteroatoms. The topological polar surface area (TPSA) is 133 Å². The second-order valence-electron chi connectivity index (χ2n) is 9.53. The fraction of sp³-hybridized carbons (Fsp3) is 0.762. The Morgan fingerprint density at radius 3 is 2.90 bits per heavy atom. The third-order valence-electron chi connectivity index (χ3n) is 8.36. The summed E-state index contributed by atoms with van der Waals surface area (Å²) in [5.74, 6) is -1.56. The summed E-state index contributed by atoms with van der Waals surface area (Å²) in [6.07, 6.45) is 2.10. The zero-order valence-electron chi connectivity index (χ0n) is 17.8. The maximum absolute atomic E-state index is 14.3. The van der Waals surface area contributed by atoms with Gasteiger partial charge < -0.3 is 30.2 Å². The SMILES string of the molecule is CO[C@@]12[C@H](COC(N)=O)C3=C(C(=O)C(C)C4(OC[C@@H]5CCCCN54)C3=O)N1C[C@@H]1N[C@@H]12. The van der Waals surface area contributed by atoms with Crippen LogP contribution in [0.15, 0.2) is 11.3 Å². The molecular weight excluding hydrogens is 404 g/mol. The lowest BCUT2D eigenvalue weighted by atomic mass is 9.73. The van der Waals surface area contributed by atoms with Crippen LogP contribution in [-0.2, 0) is 23.8 Å². The van der Waals surface area contributed by atoms with E-state index in [0.29, 0.717) is 24.4 Å². The fourth-order valence-electron chi connectivity index (χ4n) is 6.97. The average molecular weight is 432 g/mol. The van der Waals surface area contributed by atoms with E-state index in [1.54, 1.807) is 14.0 Å². The molecule has 168 valence electrons. The van der Waals surface area contributed by atoms with Gasteiger partial charge in [0.2, 0.25) is 5.78 Å². The van der Waals surface area contributed by atoms with Crippen molar-refractivity contribution in [1.82, 2.24) is 15.1 Å². The van der Waals surface area contributed by atoms with Crippen molar-refractivity contribution >= 4 is 17.7 Å². The van der Waals surface area contributed by atoms with Crippen LogP contribution in [0.1, 0.15) is 26.2 Å². The first-order chi connectivity index (χ1) is 14.9. The number of piperidine rings is 1. The number of rotatable bonds is 3. The number of Topliss-reactive ketones (excluding diaryl/α,β-unsaturated/α-hetero) is 2. The number of carbonyl (C=O) groups is 3. The van der Waals surface area contributed by atoms with Gasteiger partial charge in [-0.1, -0.05) is 13.3 Å². The number of methoxy groups -OCH3 is 1. The van der Waals surface area contributed by atoms with Gasteiger partial charge in [-0.15, -0.1) is 0 Å².